The van der Waals surface area contributed by atoms with Gasteiger partial charge in [-0.1, -0.05) is 6.08 Å². The maximum absolute atomic E-state index is 13.8. The first-order valence-electron chi connectivity index (χ1n) is 15.4. The normalized spacial score (nSPS) is 12.1. The van der Waals surface area contributed by atoms with Gasteiger partial charge in [-0.2, -0.15) is 0 Å². The fraction of sp³-hybridized carbons (Fsp3) is 0.441. The molecule has 0 fully saturated rings. The van der Waals surface area contributed by atoms with Crippen LogP contribution in [0.1, 0.15) is 39.3 Å². The Bertz CT molecular complexity index is 1720. The zero-order chi connectivity index (χ0) is 35.8. The lowest BCUT2D eigenvalue weighted by Crippen LogP contribution is -2.42. The number of amides is 4. The topological polar surface area (TPSA) is 135 Å². The molecule has 3 aromatic rings. The van der Waals surface area contributed by atoms with E-state index >= 15 is 0 Å². The van der Waals surface area contributed by atoms with Crippen molar-refractivity contribution in [2.24, 2.45) is 7.05 Å². The Balaban J connectivity index is 1.74. The molecule has 14 heteroatoms. The molecule has 0 unspecified atom stereocenters. The summed E-state index contributed by atoms with van der Waals surface area (Å²) >= 11 is 0. The SMILES string of the molecule is CN(C)C(=O)/C=C/CC[C@H](OC(=O)N(C)CCN(C)C(=O)OC(C)(C)C)C(=O)Nc1cccn(Cc2cc3cc(F)ccc3n2C)c1=O. The van der Waals surface area contributed by atoms with Gasteiger partial charge in [-0.05, 0) is 76.1 Å². The van der Waals surface area contributed by atoms with E-state index in [-0.39, 0.29) is 49.9 Å². The molecule has 1 aromatic carbocycles. The smallest absolute Gasteiger partial charge is 0.410 e. The predicted octanol–water partition coefficient (Wildman–Crippen LogP) is 4.19. The van der Waals surface area contributed by atoms with Crippen molar-refractivity contribution >= 4 is 40.6 Å². The molecule has 0 radical (unpaired) electrons. The molecule has 0 aliphatic heterocycles. The van der Waals surface area contributed by atoms with Gasteiger partial charge in [0.05, 0.1) is 6.54 Å². The summed E-state index contributed by atoms with van der Waals surface area (Å²) in [5, 5.41) is 3.28. The van der Waals surface area contributed by atoms with Crippen LogP contribution in [0, 0.1) is 5.82 Å². The Labute approximate surface area is 279 Å². The zero-order valence-electron chi connectivity index (χ0n) is 28.8. The summed E-state index contributed by atoms with van der Waals surface area (Å²) in [4.78, 5) is 68.0. The Morgan fingerprint density at radius 1 is 1.00 bits per heavy atom. The first-order chi connectivity index (χ1) is 22.5. The van der Waals surface area contributed by atoms with Crippen molar-refractivity contribution in [1.29, 1.82) is 0 Å². The van der Waals surface area contributed by atoms with E-state index in [1.807, 2.05) is 11.6 Å². The molecule has 1 N–H and O–H groups in total. The molecule has 2 aromatic heterocycles. The van der Waals surface area contributed by atoms with Gasteiger partial charge in [0.25, 0.3) is 11.5 Å². The minimum atomic E-state index is -1.32. The number of anilines is 1. The summed E-state index contributed by atoms with van der Waals surface area (Å²) in [7, 11) is 8.03. The van der Waals surface area contributed by atoms with Crippen LogP contribution >= 0.6 is 0 Å². The number of allylic oxidation sites excluding steroid dienone is 1. The molecule has 0 spiro atoms. The number of hydrogen-bond donors (Lipinski definition) is 1. The molecule has 1 atom stereocenters. The van der Waals surface area contributed by atoms with E-state index in [2.05, 4.69) is 5.32 Å². The number of pyridine rings is 1. The highest BCUT2D eigenvalue weighted by molar-refractivity contribution is 5.95. The minimum absolute atomic E-state index is 0.0218. The third-order valence-corrected chi connectivity index (χ3v) is 7.33. The summed E-state index contributed by atoms with van der Waals surface area (Å²) in [6, 6.07) is 9.29. The lowest BCUT2D eigenvalue weighted by Gasteiger charge is -2.26. The Hall–Kier alpha value is -5.14. The van der Waals surface area contributed by atoms with E-state index in [1.54, 1.807) is 65.3 Å². The monoisotopic (exact) mass is 668 g/mol. The molecule has 2 heterocycles. The molecule has 4 amide bonds. The second-order valence-electron chi connectivity index (χ2n) is 12.7. The van der Waals surface area contributed by atoms with E-state index in [0.717, 1.165) is 11.2 Å². The summed E-state index contributed by atoms with van der Waals surface area (Å²) in [6.07, 6.45) is 2.05. The van der Waals surface area contributed by atoms with Crippen LogP contribution in [-0.4, -0.2) is 101 Å². The van der Waals surface area contributed by atoms with Crippen LogP contribution in [0.4, 0.5) is 19.7 Å². The molecule has 48 heavy (non-hydrogen) atoms. The number of rotatable bonds is 12. The second-order valence-corrected chi connectivity index (χ2v) is 12.7. The fourth-order valence-electron chi connectivity index (χ4n) is 4.53. The number of aryl methyl sites for hydroxylation is 1. The summed E-state index contributed by atoms with van der Waals surface area (Å²) in [5.41, 5.74) is 0.343. The quantitative estimate of drug-likeness (QED) is 0.286. The van der Waals surface area contributed by atoms with E-state index in [1.165, 1.54) is 57.6 Å². The highest BCUT2D eigenvalue weighted by atomic mass is 19.1. The number of hydrogen-bond acceptors (Lipinski definition) is 7. The number of fused-ring (bicyclic) bond motifs is 1. The van der Waals surface area contributed by atoms with Crippen LogP contribution in [0.2, 0.25) is 0 Å². The molecular formula is C34H45FN6O7. The standard InChI is InChI=1S/C34H45FN6O7/c1-34(2,3)48-33(46)39(7)19-18-38(6)32(45)47-28(13-9-10-14-29(42)37(4)5)30(43)36-26-12-11-17-41(31(26)44)22-25-21-23-20-24(35)15-16-27(23)40(25)8/h10-12,14-17,20-21,28H,9,13,18-19,22H2,1-8H3,(H,36,43)/b14-10+/t28-/m0/s1. The Morgan fingerprint density at radius 2 is 1.67 bits per heavy atom. The van der Waals surface area contributed by atoms with Crippen LogP contribution in [0.3, 0.4) is 0 Å². The van der Waals surface area contributed by atoms with E-state index in [4.69, 9.17) is 9.47 Å². The van der Waals surface area contributed by atoms with Gasteiger partial charge >= 0.3 is 12.2 Å². The molecule has 0 bridgehead atoms. The molecule has 0 saturated carbocycles. The number of halogens is 1. The van der Waals surface area contributed by atoms with Crippen molar-refractivity contribution in [3.63, 3.8) is 0 Å². The molecule has 0 saturated heterocycles. The third-order valence-electron chi connectivity index (χ3n) is 7.33. The number of aromatic nitrogens is 2. The molecule has 0 aliphatic carbocycles. The number of carbonyl (C=O) groups excluding carboxylic acids is 4. The van der Waals surface area contributed by atoms with Crippen LogP contribution in [0.5, 0.6) is 0 Å². The molecule has 3 rings (SSSR count). The van der Waals surface area contributed by atoms with Crippen LogP contribution in [0.25, 0.3) is 10.9 Å². The first-order valence-corrected chi connectivity index (χ1v) is 15.4. The molecule has 13 nitrogen and oxygen atoms in total. The van der Waals surface area contributed by atoms with Gasteiger partial charge in [-0.15, -0.1) is 0 Å². The van der Waals surface area contributed by atoms with Gasteiger partial charge < -0.3 is 38.6 Å². The minimum Gasteiger partial charge on any atom is -0.444 e. The van der Waals surface area contributed by atoms with Crippen LogP contribution in [0.15, 0.2) is 59.5 Å². The Kier molecular flexibility index (Phi) is 12.5. The number of ether oxygens (including phenoxy) is 2. The van der Waals surface area contributed by atoms with Crippen molar-refractivity contribution in [1.82, 2.24) is 23.8 Å². The van der Waals surface area contributed by atoms with Crippen LogP contribution < -0.4 is 10.9 Å². The van der Waals surface area contributed by atoms with Gasteiger partial charge in [0.2, 0.25) is 5.91 Å². The first kappa shape index (κ1) is 37.3. The number of likely N-dealkylation sites (N-methyl/N-ethyl adjacent to an activating group) is 3. The maximum Gasteiger partial charge on any atom is 0.410 e. The molecule has 260 valence electrons. The van der Waals surface area contributed by atoms with Gasteiger partial charge in [-0.3, -0.25) is 14.4 Å². The summed E-state index contributed by atoms with van der Waals surface area (Å²) in [5.74, 6) is -1.34. The van der Waals surface area contributed by atoms with Crippen molar-refractivity contribution in [3.8, 4) is 0 Å². The van der Waals surface area contributed by atoms with Gasteiger partial charge in [0.1, 0.15) is 17.1 Å². The fourth-order valence-corrected chi connectivity index (χ4v) is 4.53. The lowest BCUT2D eigenvalue weighted by molar-refractivity contribution is -0.125. The lowest BCUT2D eigenvalue weighted by atomic mass is 10.1. The highest BCUT2D eigenvalue weighted by Gasteiger charge is 2.26. The number of benzene rings is 1. The second kappa shape index (κ2) is 16.1. The zero-order valence-corrected chi connectivity index (χ0v) is 28.8. The predicted molar refractivity (Wildman–Crippen MR) is 180 cm³/mol. The Morgan fingerprint density at radius 3 is 2.31 bits per heavy atom. The number of nitrogens with one attached hydrogen (secondary N) is 1. The molecular weight excluding hydrogens is 623 g/mol. The molecule has 0 aliphatic rings. The van der Waals surface area contributed by atoms with E-state index < -0.39 is 35.4 Å². The van der Waals surface area contributed by atoms with Gasteiger partial charge in [-0.25, -0.2) is 14.0 Å². The van der Waals surface area contributed by atoms with Crippen molar-refractivity contribution in [3.05, 3.63) is 76.6 Å². The van der Waals surface area contributed by atoms with Gasteiger partial charge in [0.15, 0.2) is 6.10 Å². The largest absolute Gasteiger partial charge is 0.444 e. The summed E-state index contributed by atoms with van der Waals surface area (Å²) in [6.45, 7) is 5.63. The van der Waals surface area contributed by atoms with Crippen molar-refractivity contribution in [2.45, 2.75) is 51.9 Å². The van der Waals surface area contributed by atoms with Crippen LogP contribution in [-0.2, 0) is 32.7 Å². The van der Waals surface area contributed by atoms with Crippen molar-refractivity contribution < 1.29 is 33.0 Å². The maximum atomic E-state index is 13.8. The summed E-state index contributed by atoms with van der Waals surface area (Å²) < 4.78 is 27.9. The number of nitrogens with zero attached hydrogens (tertiary/aromatic N) is 5. The van der Waals surface area contributed by atoms with E-state index in [0.29, 0.717) is 5.39 Å². The number of carbonyl (C=O) groups is 4. The highest BCUT2D eigenvalue weighted by Crippen LogP contribution is 2.20. The van der Waals surface area contributed by atoms with Gasteiger partial charge in [0, 0.05) is 71.1 Å². The van der Waals surface area contributed by atoms with E-state index in [9.17, 15) is 28.4 Å². The average Bonchev–Trinajstić information content (AvgIpc) is 3.31. The third kappa shape index (κ3) is 10.4. The van der Waals surface area contributed by atoms with Crippen molar-refractivity contribution in [2.75, 3.05) is 46.6 Å². The average molecular weight is 669 g/mol.